The van der Waals surface area contributed by atoms with Gasteiger partial charge in [-0.05, 0) is 97.6 Å². The molecule has 8 aromatic rings. The first-order valence-electron chi connectivity index (χ1n) is 27.5. The zero-order chi connectivity index (χ0) is 56.1. The predicted molar refractivity (Wildman–Crippen MR) is 305 cm³/mol. The van der Waals surface area contributed by atoms with Gasteiger partial charge in [-0.3, -0.25) is 19.0 Å². The number of amides is 2. The van der Waals surface area contributed by atoms with E-state index >= 15 is 0 Å². The summed E-state index contributed by atoms with van der Waals surface area (Å²) in [5.41, 5.74) is 4.12. The van der Waals surface area contributed by atoms with Gasteiger partial charge in [0.25, 0.3) is 11.8 Å². The molecule has 0 atom stereocenters. The smallest absolute Gasteiger partial charge is 0.350 e. The lowest BCUT2D eigenvalue weighted by Gasteiger charge is -2.45. The molecule has 11 heterocycles. The summed E-state index contributed by atoms with van der Waals surface area (Å²) in [5, 5.41) is 30.5. The topological polar surface area (TPSA) is 189 Å². The van der Waals surface area contributed by atoms with Crippen molar-refractivity contribution in [1.82, 2.24) is 68.6 Å². The predicted octanol–water partition coefficient (Wildman–Crippen LogP) is 11.9. The number of halogens is 6. The van der Waals surface area contributed by atoms with Gasteiger partial charge >= 0.3 is 6.18 Å². The third-order valence-corrected chi connectivity index (χ3v) is 19.3. The Morgan fingerprint density at radius 3 is 1.53 bits per heavy atom. The van der Waals surface area contributed by atoms with Crippen LogP contribution in [0.15, 0.2) is 90.3 Å². The highest BCUT2D eigenvalue weighted by atomic mass is 79.9. The average Bonchev–Trinajstić information content (AvgIpc) is 4.25. The Labute approximate surface area is 483 Å². The number of pyridine rings is 2. The van der Waals surface area contributed by atoms with Gasteiger partial charge in [0.15, 0.2) is 5.82 Å². The van der Waals surface area contributed by atoms with Gasteiger partial charge in [0.05, 0.1) is 28.1 Å². The number of anilines is 4. The quantitative estimate of drug-likeness (QED) is 0.119. The van der Waals surface area contributed by atoms with Crippen LogP contribution in [-0.2, 0) is 45.7 Å². The second-order valence-corrected chi connectivity index (χ2v) is 25.2. The Bertz CT molecular complexity index is 3740. The maximum absolute atomic E-state index is 14.3. The fourth-order valence-electron chi connectivity index (χ4n) is 12.9. The number of hydrogen-bond acceptors (Lipinski definition) is 10. The van der Waals surface area contributed by atoms with Crippen LogP contribution in [-0.4, -0.2) is 89.1 Å². The van der Waals surface area contributed by atoms with Crippen LogP contribution in [0.2, 0.25) is 10.0 Å². The van der Waals surface area contributed by atoms with E-state index in [-0.39, 0.29) is 41.3 Å². The van der Waals surface area contributed by atoms with Crippen LogP contribution in [0.25, 0.3) is 33.8 Å². The number of nitrogens with zero attached hydrogens (tertiary/aromatic N) is 12. The largest absolute Gasteiger partial charge is 0.401 e. The maximum atomic E-state index is 14.3. The third-order valence-electron chi connectivity index (χ3n) is 18.3. The molecule has 15 rings (SSSR count). The van der Waals surface area contributed by atoms with Crippen molar-refractivity contribution in [2.24, 2.45) is 30.3 Å². The van der Waals surface area contributed by atoms with Crippen molar-refractivity contribution in [3.63, 3.8) is 0 Å². The highest BCUT2D eigenvalue weighted by molar-refractivity contribution is 9.10. The zero-order valence-electron chi connectivity index (χ0n) is 44.8. The van der Waals surface area contributed by atoms with Gasteiger partial charge in [-0.2, -0.15) is 23.4 Å². The van der Waals surface area contributed by atoms with Gasteiger partial charge in [0.1, 0.15) is 45.9 Å². The summed E-state index contributed by atoms with van der Waals surface area (Å²) in [7, 11) is 3.69. The lowest BCUT2D eigenvalue weighted by molar-refractivity contribution is -0.216. The van der Waals surface area contributed by atoms with Crippen LogP contribution in [0.3, 0.4) is 0 Å². The summed E-state index contributed by atoms with van der Waals surface area (Å²) in [6, 6.07) is 13.3. The molecule has 422 valence electrons. The Kier molecular flexibility index (Phi) is 13.3. The van der Waals surface area contributed by atoms with E-state index in [0.29, 0.717) is 58.1 Å². The van der Waals surface area contributed by atoms with Crippen LogP contribution in [0, 0.1) is 16.2 Å². The van der Waals surface area contributed by atoms with Crippen LogP contribution in [0.5, 0.6) is 0 Å². The molecule has 18 nitrogen and oxygen atoms in total. The van der Waals surface area contributed by atoms with Crippen molar-refractivity contribution < 1.29 is 22.8 Å². The number of aromatic nitrogens is 12. The molecule has 3 aliphatic heterocycles. The molecule has 24 heteroatoms. The molecule has 4 aliphatic carbocycles. The number of fused-ring (bicyclic) bond motifs is 5. The number of hydrogen-bond donors (Lipinski definition) is 4. The van der Waals surface area contributed by atoms with E-state index < -0.39 is 11.6 Å². The van der Waals surface area contributed by atoms with Crippen LogP contribution in [0.1, 0.15) is 104 Å². The summed E-state index contributed by atoms with van der Waals surface area (Å²) in [6.07, 6.45) is 19.4. The minimum absolute atomic E-state index is 0.0200. The highest BCUT2D eigenvalue weighted by Gasteiger charge is 2.63. The first-order valence-corrected chi connectivity index (χ1v) is 29.1. The van der Waals surface area contributed by atoms with Crippen molar-refractivity contribution in [2.45, 2.75) is 115 Å². The molecule has 81 heavy (non-hydrogen) atoms. The van der Waals surface area contributed by atoms with Crippen LogP contribution >= 0.6 is 39.1 Å². The van der Waals surface area contributed by atoms with Crippen molar-refractivity contribution in [3.8, 4) is 33.8 Å². The van der Waals surface area contributed by atoms with Crippen molar-refractivity contribution >= 4 is 74.2 Å². The van der Waals surface area contributed by atoms with Gasteiger partial charge in [-0.1, -0.05) is 48.9 Å². The Balaban J connectivity index is 0.000000125. The van der Waals surface area contributed by atoms with Crippen LogP contribution < -0.4 is 21.3 Å². The SMILES string of the molecule is Cn1nccc1Nc1cc(-c2cc3n(c2)CC2(CCC2)CNC3=O)c(Cl)cn1.Cn1nccc1Nc1cc(-c2cc3n(c2)CC2(CCC2)Cn2c-3nnc2C2(C(F)(F)F)CCC2)c(Cl)cn1.O=C1NCC2(CCC2)Cn2cc(Br)cc21. The molecule has 3 spiro atoms. The van der Waals surface area contributed by atoms with E-state index in [1.54, 1.807) is 38.7 Å². The Morgan fingerprint density at radius 1 is 0.605 bits per heavy atom. The number of aryl methyl sites for hydroxylation is 2. The van der Waals surface area contributed by atoms with E-state index in [0.717, 1.165) is 108 Å². The van der Waals surface area contributed by atoms with E-state index in [9.17, 15) is 22.8 Å². The molecular weight excluding hydrogens is 1150 g/mol. The van der Waals surface area contributed by atoms with Crippen molar-refractivity contribution in [2.75, 3.05) is 23.7 Å². The van der Waals surface area contributed by atoms with Gasteiger partial charge < -0.3 is 39.5 Å². The van der Waals surface area contributed by atoms with E-state index in [1.807, 2.05) is 75.2 Å². The number of carbonyl (C=O) groups excluding carboxylic acids is 2. The second kappa shape index (κ2) is 20.2. The van der Waals surface area contributed by atoms with Gasteiger partial charge in [0.2, 0.25) is 0 Å². The third kappa shape index (κ3) is 9.71. The molecule has 0 bridgehead atoms. The standard InChI is InChI=1S/C26H26ClF3N8.C20H21ClN6O.C11H13BrN2O/c1-36-21(4-9-32-36)33-20-11-17(18(27)12-31-20)16-10-19-22-34-35-23(25(7-3-8-25)26(28,29)30)38(22)15-24(5-2-6-24)14-37(19)13-16;1-26-18(3-6-24-26)25-17-8-14(15(21)9-22-17)13-7-16-19(28)23-11-20(4-2-5-20)12-27(16)10-13;12-8-4-9-10(15)13-6-11(2-1-3-11)7-14(9)5-8/h4,9-13H,2-3,5-8,14-15H2,1H3,(H,31,33);3,6-10H,2,4-5,11-12H2,1H3,(H,22,25)(H,23,28);4-5H,1-3,6-7H2,(H,13,15). The number of carbonyl (C=O) groups is 2. The maximum Gasteiger partial charge on any atom is 0.401 e. The lowest BCUT2D eigenvalue weighted by atomic mass is 9.66. The summed E-state index contributed by atoms with van der Waals surface area (Å²) in [6.45, 7) is 4.67. The molecule has 2 amide bonds. The molecule has 4 N–H and O–H groups in total. The molecule has 4 fully saturated rings. The average molecular weight is 1210 g/mol. The molecule has 0 unspecified atom stereocenters. The minimum atomic E-state index is -4.36. The molecule has 0 aromatic carbocycles. The van der Waals surface area contributed by atoms with Gasteiger partial charge in [-0.25, -0.2) is 9.97 Å². The molecule has 7 aliphatic rings. The van der Waals surface area contributed by atoms with E-state index in [4.69, 9.17) is 23.2 Å². The molecule has 0 radical (unpaired) electrons. The fourth-order valence-corrected chi connectivity index (χ4v) is 13.8. The first kappa shape index (κ1) is 53.4. The summed E-state index contributed by atoms with van der Waals surface area (Å²) in [5.74, 6) is 3.48. The summed E-state index contributed by atoms with van der Waals surface area (Å²) >= 11 is 16.5. The van der Waals surface area contributed by atoms with Crippen molar-refractivity contribution in [1.29, 1.82) is 0 Å². The fraction of sp³-hybridized carbons (Fsp3) is 0.439. The normalized spacial score (nSPS) is 19.4. The highest BCUT2D eigenvalue weighted by Crippen LogP contribution is 2.56. The molecular formula is C57H60BrCl2F3N16O2. The molecule has 4 saturated carbocycles. The zero-order valence-corrected chi connectivity index (χ0v) is 47.9. The number of alkyl halides is 3. The van der Waals surface area contributed by atoms with E-state index in [2.05, 4.69) is 81.3 Å². The monoisotopic (exact) mass is 1210 g/mol. The second-order valence-electron chi connectivity index (χ2n) is 23.5. The number of rotatable bonds is 7. The lowest BCUT2D eigenvalue weighted by Crippen LogP contribution is -2.50. The molecule has 8 aromatic heterocycles. The Morgan fingerprint density at radius 2 is 1.07 bits per heavy atom. The molecule has 0 saturated heterocycles. The van der Waals surface area contributed by atoms with Gasteiger partial charge in [0, 0.05) is 139 Å². The van der Waals surface area contributed by atoms with Gasteiger partial charge in [-0.15, -0.1) is 10.2 Å². The first-order chi connectivity index (χ1) is 38.9. The van der Waals surface area contributed by atoms with E-state index in [1.165, 1.54) is 25.7 Å². The van der Waals surface area contributed by atoms with Crippen molar-refractivity contribution in [3.05, 3.63) is 118 Å². The summed E-state index contributed by atoms with van der Waals surface area (Å²) < 4.78 is 55.5. The van der Waals surface area contributed by atoms with Crippen LogP contribution in [0.4, 0.5) is 36.4 Å². The Hall–Kier alpha value is -6.91. The number of nitrogens with one attached hydrogen (secondary N) is 4. The summed E-state index contributed by atoms with van der Waals surface area (Å²) in [4.78, 5) is 33.1. The minimum Gasteiger partial charge on any atom is -0.350 e.